The highest BCUT2D eigenvalue weighted by molar-refractivity contribution is 9.10. The molecule has 0 spiro atoms. The van der Waals surface area contributed by atoms with Gasteiger partial charge in [0, 0.05) is 15.6 Å². The number of hydrogen-bond donors (Lipinski definition) is 2. The molecule has 0 radical (unpaired) electrons. The maximum atomic E-state index is 5.54. The highest BCUT2D eigenvalue weighted by atomic mass is 79.9. The van der Waals surface area contributed by atoms with Gasteiger partial charge in [0.25, 0.3) is 0 Å². The third-order valence-electron chi connectivity index (χ3n) is 2.50. The molecule has 0 atom stereocenters. The molecule has 0 aliphatic carbocycles. The molecule has 0 saturated carbocycles. The Bertz CT molecular complexity index is 516. The Morgan fingerprint density at radius 2 is 2.18 bits per heavy atom. The van der Waals surface area contributed by atoms with E-state index in [9.17, 15) is 0 Å². The molecule has 0 fully saturated rings. The van der Waals surface area contributed by atoms with Crippen LogP contribution in [0.5, 0.6) is 0 Å². The highest BCUT2D eigenvalue weighted by Crippen LogP contribution is 2.28. The number of halogens is 2. The molecule has 0 aliphatic rings. The standard InChI is InChI=1S/C12H14BrN3.ClH/c1-2-4-8-7-11(16-14)9-5-3-6-10(13)12(9)15-8;/h3,5-7H,2,4,14H2,1H3,(H,15,16);1H. The summed E-state index contributed by atoms with van der Waals surface area (Å²) in [6.45, 7) is 2.14. The van der Waals surface area contributed by atoms with Crippen molar-refractivity contribution in [2.45, 2.75) is 19.8 Å². The van der Waals surface area contributed by atoms with E-state index in [2.05, 4.69) is 33.3 Å². The van der Waals surface area contributed by atoms with Crippen LogP contribution in [0.15, 0.2) is 28.7 Å². The summed E-state index contributed by atoms with van der Waals surface area (Å²) in [6, 6.07) is 8.00. The van der Waals surface area contributed by atoms with E-state index in [1.165, 1.54) is 0 Å². The van der Waals surface area contributed by atoms with Crippen molar-refractivity contribution in [1.29, 1.82) is 0 Å². The molecule has 0 aliphatic heterocycles. The van der Waals surface area contributed by atoms with Gasteiger partial charge in [-0.1, -0.05) is 25.5 Å². The Morgan fingerprint density at radius 1 is 1.41 bits per heavy atom. The van der Waals surface area contributed by atoms with Crippen molar-refractivity contribution in [3.05, 3.63) is 34.4 Å². The third-order valence-corrected chi connectivity index (χ3v) is 3.14. The fraction of sp³-hybridized carbons (Fsp3) is 0.250. The van der Waals surface area contributed by atoms with Gasteiger partial charge in [-0.05, 0) is 34.5 Å². The number of rotatable bonds is 3. The van der Waals surface area contributed by atoms with E-state index in [4.69, 9.17) is 5.84 Å². The molecule has 5 heteroatoms. The second-order valence-corrected chi connectivity index (χ2v) is 4.55. The van der Waals surface area contributed by atoms with Gasteiger partial charge >= 0.3 is 0 Å². The van der Waals surface area contributed by atoms with Gasteiger partial charge in [-0.2, -0.15) is 0 Å². The molecule has 1 aromatic carbocycles. The minimum Gasteiger partial charge on any atom is -0.323 e. The van der Waals surface area contributed by atoms with Gasteiger partial charge in [0.2, 0.25) is 0 Å². The summed E-state index contributed by atoms with van der Waals surface area (Å²) in [5.41, 5.74) is 5.69. The monoisotopic (exact) mass is 315 g/mol. The van der Waals surface area contributed by atoms with Crippen LogP contribution in [0.25, 0.3) is 10.9 Å². The normalized spacial score (nSPS) is 10.1. The molecule has 2 rings (SSSR count). The maximum Gasteiger partial charge on any atom is 0.0868 e. The number of pyridine rings is 1. The molecule has 0 unspecified atom stereocenters. The summed E-state index contributed by atoms with van der Waals surface area (Å²) >= 11 is 3.51. The fourth-order valence-electron chi connectivity index (χ4n) is 1.77. The number of nitrogens with one attached hydrogen (secondary N) is 1. The van der Waals surface area contributed by atoms with Crippen LogP contribution in [0.2, 0.25) is 0 Å². The molecule has 3 N–H and O–H groups in total. The Hall–Kier alpha value is -0.840. The molecule has 1 aromatic heterocycles. The third kappa shape index (κ3) is 2.89. The van der Waals surface area contributed by atoms with Crippen LogP contribution in [0.1, 0.15) is 19.0 Å². The van der Waals surface area contributed by atoms with E-state index in [0.717, 1.165) is 39.6 Å². The average molecular weight is 317 g/mol. The first-order valence-electron chi connectivity index (χ1n) is 5.31. The number of benzene rings is 1. The molecule has 2 aromatic rings. The van der Waals surface area contributed by atoms with E-state index in [0.29, 0.717) is 0 Å². The van der Waals surface area contributed by atoms with E-state index < -0.39 is 0 Å². The van der Waals surface area contributed by atoms with Gasteiger partial charge in [0.05, 0.1) is 11.2 Å². The number of nitrogens with two attached hydrogens (primary N) is 1. The first kappa shape index (κ1) is 14.2. The van der Waals surface area contributed by atoms with Crippen molar-refractivity contribution in [3.63, 3.8) is 0 Å². The van der Waals surface area contributed by atoms with Gasteiger partial charge in [0.1, 0.15) is 0 Å². The quantitative estimate of drug-likeness (QED) is 0.671. The van der Waals surface area contributed by atoms with Crippen molar-refractivity contribution in [1.82, 2.24) is 4.98 Å². The van der Waals surface area contributed by atoms with E-state index >= 15 is 0 Å². The summed E-state index contributed by atoms with van der Waals surface area (Å²) in [5, 5.41) is 1.04. The van der Waals surface area contributed by atoms with Crippen molar-refractivity contribution in [2.75, 3.05) is 5.43 Å². The van der Waals surface area contributed by atoms with Crippen LogP contribution in [-0.4, -0.2) is 4.98 Å². The average Bonchev–Trinajstić information content (AvgIpc) is 2.30. The van der Waals surface area contributed by atoms with Crippen LogP contribution in [-0.2, 0) is 6.42 Å². The number of nitrogen functional groups attached to an aromatic ring is 1. The van der Waals surface area contributed by atoms with E-state index in [-0.39, 0.29) is 12.4 Å². The molecular formula is C12H15BrClN3. The van der Waals surface area contributed by atoms with Crippen molar-refractivity contribution >= 4 is 44.9 Å². The molecule has 3 nitrogen and oxygen atoms in total. The molecule has 0 saturated heterocycles. The first-order chi connectivity index (χ1) is 7.76. The second kappa shape index (κ2) is 6.19. The summed E-state index contributed by atoms with van der Waals surface area (Å²) < 4.78 is 0.999. The number of aromatic nitrogens is 1. The zero-order chi connectivity index (χ0) is 11.5. The van der Waals surface area contributed by atoms with Crippen molar-refractivity contribution in [2.24, 2.45) is 5.84 Å². The number of nitrogens with zero attached hydrogens (tertiary/aromatic N) is 1. The Kier molecular flexibility index (Phi) is 5.18. The van der Waals surface area contributed by atoms with Crippen LogP contribution in [0, 0.1) is 0 Å². The maximum absolute atomic E-state index is 5.54. The lowest BCUT2D eigenvalue weighted by atomic mass is 10.1. The number of anilines is 1. The number of hydrazine groups is 1. The number of fused-ring (bicyclic) bond motifs is 1. The molecule has 0 bridgehead atoms. The zero-order valence-electron chi connectivity index (χ0n) is 9.53. The van der Waals surface area contributed by atoms with E-state index in [1.807, 2.05) is 24.3 Å². The van der Waals surface area contributed by atoms with Crippen LogP contribution >= 0.6 is 28.3 Å². The number of para-hydroxylation sites is 1. The molecule has 0 amide bonds. The SMILES string of the molecule is CCCc1cc(NN)c2cccc(Br)c2n1.Cl. The fourth-order valence-corrected chi connectivity index (χ4v) is 2.23. The lowest BCUT2D eigenvalue weighted by molar-refractivity contribution is 0.889. The van der Waals surface area contributed by atoms with Crippen molar-refractivity contribution in [3.8, 4) is 0 Å². The summed E-state index contributed by atoms with van der Waals surface area (Å²) in [5.74, 6) is 5.54. The predicted molar refractivity (Wildman–Crippen MR) is 78.5 cm³/mol. The second-order valence-electron chi connectivity index (χ2n) is 3.69. The smallest absolute Gasteiger partial charge is 0.0868 e. The van der Waals surface area contributed by atoms with Gasteiger partial charge in [-0.3, -0.25) is 10.8 Å². The number of hydrogen-bond acceptors (Lipinski definition) is 3. The Labute approximate surface area is 115 Å². The predicted octanol–water partition coefficient (Wildman–Crippen LogP) is 3.66. The minimum absolute atomic E-state index is 0. The highest BCUT2D eigenvalue weighted by Gasteiger charge is 2.06. The summed E-state index contributed by atoms with van der Waals surface area (Å²) in [4.78, 5) is 4.63. The molecule has 17 heavy (non-hydrogen) atoms. The van der Waals surface area contributed by atoms with Gasteiger partial charge < -0.3 is 5.43 Å². The number of aryl methyl sites for hydroxylation is 1. The van der Waals surface area contributed by atoms with Gasteiger partial charge in [-0.15, -0.1) is 12.4 Å². The molecule has 1 heterocycles. The Morgan fingerprint density at radius 3 is 2.82 bits per heavy atom. The Balaban J connectivity index is 0.00000144. The van der Waals surface area contributed by atoms with Crippen LogP contribution in [0.4, 0.5) is 5.69 Å². The van der Waals surface area contributed by atoms with E-state index in [1.54, 1.807) is 0 Å². The summed E-state index contributed by atoms with van der Waals surface area (Å²) in [7, 11) is 0. The van der Waals surface area contributed by atoms with Gasteiger partial charge in [-0.25, -0.2) is 0 Å². The molecule has 92 valence electrons. The van der Waals surface area contributed by atoms with Gasteiger partial charge in [0.15, 0.2) is 0 Å². The summed E-state index contributed by atoms with van der Waals surface area (Å²) in [6.07, 6.45) is 2.04. The zero-order valence-corrected chi connectivity index (χ0v) is 11.9. The lowest BCUT2D eigenvalue weighted by Crippen LogP contribution is -2.08. The van der Waals surface area contributed by atoms with Crippen LogP contribution in [0.3, 0.4) is 0 Å². The van der Waals surface area contributed by atoms with Crippen molar-refractivity contribution < 1.29 is 0 Å². The first-order valence-corrected chi connectivity index (χ1v) is 6.10. The molecular weight excluding hydrogens is 302 g/mol. The minimum atomic E-state index is 0. The largest absolute Gasteiger partial charge is 0.323 e. The lowest BCUT2D eigenvalue weighted by Gasteiger charge is -2.09. The topological polar surface area (TPSA) is 50.9 Å². The van der Waals surface area contributed by atoms with Crippen LogP contribution < -0.4 is 11.3 Å².